The average molecular weight is 540 g/mol. The number of rotatable bonds is 5. The van der Waals surface area contributed by atoms with Gasteiger partial charge in [0.25, 0.3) is 5.91 Å². The van der Waals surface area contributed by atoms with Crippen molar-refractivity contribution in [2.75, 3.05) is 41.7 Å². The Hall–Kier alpha value is -4.32. The second-order valence-electron chi connectivity index (χ2n) is 10.2. The molecule has 1 unspecified atom stereocenters. The molecule has 11 heteroatoms. The van der Waals surface area contributed by atoms with Crippen molar-refractivity contribution in [1.82, 2.24) is 25.1 Å². The van der Waals surface area contributed by atoms with Gasteiger partial charge in [-0.15, -0.1) is 0 Å². The van der Waals surface area contributed by atoms with E-state index in [1.807, 2.05) is 23.7 Å². The summed E-state index contributed by atoms with van der Waals surface area (Å²) >= 11 is 0. The van der Waals surface area contributed by atoms with Crippen molar-refractivity contribution in [3.63, 3.8) is 0 Å². The number of anilines is 4. The molecule has 0 saturated carbocycles. The van der Waals surface area contributed by atoms with Crippen LogP contribution in [0.1, 0.15) is 39.1 Å². The summed E-state index contributed by atoms with van der Waals surface area (Å²) in [6, 6.07) is 15.3. The molecule has 206 valence electrons. The average Bonchev–Trinajstić information content (AvgIpc) is 3.21. The first-order valence-corrected chi connectivity index (χ1v) is 13.5. The number of aryl methyl sites for hydroxylation is 4. The minimum Gasteiger partial charge on any atom is -0.374 e. The molecule has 1 saturated heterocycles. The van der Waals surface area contributed by atoms with E-state index >= 15 is 0 Å². The number of nitrogens with one attached hydrogen (secondary N) is 3. The van der Waals surface area contributed by atoms with Crippen LogP contribution in [0, 0.1) is 13.8 Å². The zero-order valence-corrected chi connectivity index (χ0v) is 22.6. The number of aliphatic hydroxyl groups is 1. The van der Waals surface area contributed by atoms with Crippen molar-refractivity contribution in [2.45, 2.75) is 33.0 Å². The molecule has 3 aromatic heterocycles. The highest BCUT2D eigenvalue weighted by Crippen LogP contribution is 2.37. The van der Waals surface area contributed by atoms with Crippen LogP contribution in [0.3, 0.4) is 0 Å². The van der Waals surface area contributed by atoms with Crippen molar-refractivity contribution in [3.8, 4) is 11.4 Å². The number of piperazine rings is 1. The maximum absolute atomic E-state index is 12.9. The van der Waals surface area contributed by atoms with Crippen LogP contribution >= 0.6 is 0 Å². The molecule has 1 aromatic carbocycles. The van der Waals surface area contributed by atoms with Crippen LogP contribution in [-0.2, 0) is 13.0 Å². The predicted octanol–water partition coefficient (Wildman–Crippen LogP) is 2.87. The van der Waals surface area contributed by atoms with Gasteiger partial charge in [-0.05, 0) is 68.3 Å². The van der Waals surface area contributed by atoms with Crippen molar-refractivity contribution >= 4 is 28.9 Å². The Balaban J connectivity index is 1.29. The third-order valence-corrected chi connectivity index (χ3v) is 7.40. The van der Waals surface area contributed by atoms with E-state index < -0.39 is 6.23 Å². The molecule has 6 rings (SSSR count). The summed E-state index contributed by atoms with van der Waals surface area (Å²) in [6.07, 6.45) is -0.500. The number of carbonyl (C=O) groups is 1. The van der Waals surface area contributed by atoms with Crippen LogP contribution < -0.4 is 26.6 Å². The fraction of sp³-hybridized carbons (Fsp3) is 0.310. The Morgan fingerprint density at radius 3 is 2.65 bits per heavy atom. The number of benzene rings is 1. The largest absolute Gasteiger partial charge is 0.374 e. The minimum atomic E-state index is -1.27. The number of amides is 1. The molecule has 0 spiro atoms. The topological polar surface area (TPSA) is 146 Å². The van der Waals surface area contributed by atoms with Crippen LogP contribution in [0.15, 0.2) is 48.5 Å². The molecular formula is C29H33N9O2. The Morgan fingerprint density at radius 1 is 1.07 bits per heavy atom. The lowest BCUT2D eigenvalue weighted by molar-refractivity contribution is 0.102. The molecule has 2 aliphatic heterocycles. The molecule has 11 nitrogen and oxygen atoms in total. The molecule has 2 aliphatic rings. The second kappa shape index (κ2) is 10.7. The Labute approximate surface area is 232 Å². The molecule has 5 heterocycles. The summed E-state index contributed by atoms with van der Waals surface area (Å²) in [7, 11) is 0. The summed E-state index contributed by atoms with van der Waals surface area (Å²) in [6.45, 7) is 8.18. The van der Waals surface area contributed by atoms with Gasteiger partial charge in [0.1, 0.15) is 23.6 Å². The van der Waals surface area contributed by atoms with Gasteiger partial charge in [0, 0.05) is 49.8 Å². The normalized spacial score (nSPS) is 15.4. The zero-order valence-electron chi connectivity index (χ0n) is 22.6. The molecule has 40 heavy (non-hydrogen) atoms. The SMILES string of the molecule is Cc1cccc(NC(=O)c2ccc(-c3nn4c(c3C(N)O)Nc3ccc(N5CCNCC5)cc3CC4)nc2C)n1. The number of hydrogen-bond donors (Lipinski definition) is 5. The Kier molecular flexibility index (Phi) is 6.93. The number of hydrogen-bond acceptors (Lipinski definition) is 9. The molecule has 0 radical (unpaired) electrons. The van der Waals surface area contributed by atoms with Gasteiger partial charge in [-0.2, -0.15) is 5.10 Å². The van der Waals surface area contributed by atoms with Crippen LogP contribution in [-0.4, -0.2) is 56.9 Å². The van der Waals surface area contributed by atoms with E-state index in [0.29, 0.717) is 46.4 Å². The van der Waals surface area contributed by atoms with E-state index in [4.69, 9.17) is 10.8 Å². The summed E-state index contributed by atoms with van der Waals surface area (Å²) in [5.41, 5.74) is 12.7. The molecule has 6 N–H and O–H groups in total. The van der Waals surface area contributed by atoms with E-state index in [2.05, 4.69) is 49.0 Å². The third-order valence-electron chi connectivity index (χ3n) is 7.40. The zero-order chi connectivity index (χ0) is 27.8. The first kappa shape index (κ1) is 25.9. The summed E-state index contributed by atoms with van der Waals surface area (Å²) < 4.78 is 1.84. The fourth-order valence-corrected chi connectivity index (χ4v) is 5.35. The summed E-state index contributed by atoms with van der Waals surface area (Å²) in [5, 5.41) is 25.1. The van der Waals surface area contributed by atoms with Crippen LogP contribution in [0.2, 0.25) is 0 Å². The number of nitrogens with zero attached hydrogens (tertiary/aromatic N) is 5. The van der Waals surface area contributed by atoms with Gasteiger partial charge in [0.2, 0.25) is 0 Å². The lowest BCUT2D eigenvalue weighted by Gasteiger charge is -2.30. The molecule has 1 fully saturated rings. The maximum atomic E-state index is 12.9. The minimum absolute atomic E-state index is 0.298. The van der Waals surface area contributed by atoms with Gasteiger partial charge in [0.05, 0.1) is 22.5 Å². The van der Waals surface area contributed by atoms with Crippen LogP contribution in [0.25, 0.3) is 11.4 Å². The predicted molar refractivity (Wildman–Crippen MR) is 155 cm³/mol. The molecular weight excluding hydrogens is 506 g/mol. The monoisotopic (exact) mass is 539 g/mol. The van der Waals surface area contributed by atoms with E-state index in [1.54, 1.807) is 25.1 Å². The number of aliphatic hydroxyl groups excluding tert-OH is 1. The Bertz CT molecular complexity index is 1570. The van der Waals surface area contributed by atoms with E-state index in [0.717, 1.165) is 44.0 Å². The van der Waals surface area contributed by atoms with Crippen molar-refractivity contribution < 1.29 is 9.90 Å². The van der Waals surface area contributed by atoms with Gasteiger partial charge in [-0.25, -0.2) is 9.67 Å². The first-order valence-electron chi connectivity index (χ1n) is 13.5. The number of aromatic nitrogens is 4. The van der Waals surface area contributed by atoms with Gasteiger partial charge in [-0.1, -0.05) is 6.07 Å². The maximum Gasteiger partial charge on any atom is 0.258 e. The standard InChI is InChI=1S/C29H33N9O2/c1-17-4-3-5-24(32-17)35-29(40)21-7-9-23(33-18(21)2)26-25(27(30)39)28-34-22-8-6-20(37-14-11-31-12-15-37)16-19(22)10-13-38(28)36-26/h3-9,16,27,31,34,39H,10-15,30H2,1-2H3,(H,32,35,40). The highest BCUT2D eigenvalue weighted by atomic mass is 16.3. The van der Waals surface area contributed by atoms with Crippen molar-refractivity contribution in [1.29, 1.82) is 0 Å². The summed E-state index contributed by atoms with van der Waals surface area (Å²) in [4.78, 5) is 24.3. The van der Waals surface area contributed by atoms with E-state index in [-0.39, 0.29) is 5.91 Å². The fourth-order valence-electron chi connectivity index (χ4n) is 5.35. The number of carbonyl (C=O) groups excluding carboxylic acids is 1. The third kappa shape index (κ3) is 5.02. The summed E-state index contributed by atoms with van der Waals surface area (Å²) in [5.74, 6) is 0.824. The second-order valence-corrected chi connectivity index (χ2v) is 10.2. The first-order chi connectivity index (χ1) is 19.4. The van der Waals surface area contributed by atoms with Gasteiger partial charge >= 0.3 is 0 Å². The van der Waals surface area contributed by atoms with Crippen molar-refractivity contribution in [2.24, 2.45) is 5.73 Å². The number of pyridine rings is 2. The van der Waals surface area contributed by atoms with Gasteiger partial charge in [0.15, 0.2) is 0 Å². The van der Waals surface area contributed by atoms with E-state index in [1.165, 1.54) is 11.3 Å². The molecule has 0 bridgehead atoms. The number of fused-ring (bicyclic) bond motifs is 2. The molecule has 4 aromatic rings. The molecule has 0 aliphatic carbocycles. The van der Waals surface area contributed by atoms with Crippen LogP contribution in [0.5, 0.6) is 0 Å². The quantitative estimate of drug-likeness (QED) is 0.242. The van der Waals surface area contributed by atoms with Crippen molar-refractivity contribution in [3.05, 3.63) is 76.6 Å². The Morgan fingerprint density at radius 2 is 1.90 bits per heavy atom. The lowest BCUT2D eigenvalue weighted by Crippen LogP contribution is -2.43. The molecule has 1 amide bonds. The molecule has 1 atom stereocenters. The van der Waals surface area contributed by atoms with Crippen LogP contribution in [0.4, 0.5) is 23.0 Å². The highest BCUT2D eigenvalue weighted by molar-refractivity contribution is 6.04. The number of nitrogens with two attached hydrogens (primary N) is 1. The van der Waals surface area contributed by atoms with Gasteiger partial charge < -0.3 is 31.7 Å². The van der Waals surface area contributed by atoms with Gasteiger partial charge in [-0.3, -0.25) is 9.78 Å². The lowest BCUT2D eigenvalue weighted by atomic mass is 10.1. The van der Waals surface area contributed by atoms with E-state index in [9.17, 15) is 9.90 Å². The smallest absolute Gasteiger partial charge is 0.258 e. The highest BCUT2D eigenvalue weighted by Gasteiger charge is 2.27.